The van der Waals surface area contributed by atoms with E-state index in [2.05, 4.69) is 4.90 Å². The Balaban J connectivity index is 1.61. The molecular weight excluding hydrogens is 270 g/mol. The van der Waals surface area contributed by atoms with Gasteiger partial charge in [0.1, 0.15) is 0 Å². The van der Waals surface area contributed by atoms with Crippen LogP contribution in [0.4, 0.5) is 0 Å². The van der Waals surface area contributed by atoms with Gasteiger partial charge in [-0.2, -0.15) is 0 Å². The molecule has 0 saturated heterocycles. The number of carbonyl (C=O) groups excluding carboxylic acids is 1. The van der Waals surface area contributed by atoms with E-state index in [-0.39, 0.29) is 0 Å². The Morgan fingerprint density at radius 3 is 2.40 bits per heavy atom. The lowest BCUT2D eigenvalue weighted by Crippen LogP contribution is -2.40. The molecule has 1 aromatic rings. The van der Waals surface area contributed by atoms with Gasteiger partial charge in [-0.3, -0.25) is 4.79 Å². The largest absolute Gasteiger partial charge is 0.337 e. The molecule has 0 unspecified atom stereocenters. The van der Waals surface area contributed by atoms with Crippen molar-refractivity contribution < 1.29 is 4.79 Å². The van der Waals surface area contributed by atoms with E-state index in [1.807, 2.05) is 24.3 Å². The summed E-state index contributed by atoms with van der Waals surface area (Å²) >= 11 is 6.16. The summed E-state index contributed by atoms with van der Waals surface area (Å²) in [7, 11) is 0. The zero-order valence-electron chi connectivity index (χ0n) is 11.9. The number of carbonyl (C=O) groups is 1. The maximum Gasteiger partial charge on any atom is 0.223 e. The number of hydrogen-bond acceptors (Lipinski definition) is 1. The molecule has 0 heterocycles. The van der Waals surface area contributed by atoms with Crippen LogP contribution in [0.5, 0.6) is 0 Å². The number of hydrogen-bond donors (Lipinski definition) is 0. The molecule has 2 fully saturated rings. The van der Waals surface area contributed by atoms with E-state index in [9.17, 15) is 4.79 Å². The van der Waals surface area contributed by atoms with Crippen LogP contribution in [-0.4, -0.2) is 22.9 Å². The van der Waals surface area contributed by atoms with E-state index in [0.717, 1.165) is 17.0 Å². The van der Waals surface area contributed by atoms with Crippen LogP contribution < -0.4 is 0 Å². The van der Waals surface area contributed by atoms with E-state index in [0.29, 0.717) is 24.4 Å². The first-order valence-corrected chi connectivity index (χ1v) is 8.18. The highest BCUT2D eigenvalue weighted by Crippen LogP contribution is 2.35. The van der Waals surface area contributed by atoms with Gasteiger partial charge in [-0.15, -0.1) is 0 Å². The van der Waals surface area contributed by atoms with Crippen molar-refractivity contribution in [3.63, 3.8) is 0 Å². The molecule has 0 aliphatic heterocycles. The summed E-state index contributed by atoms with van der Waals surface area (Å²) in [5.41, 5.74) is 1.09. The predicted molar refractivity (Wildman–Crippen MR) is 81.9 cm³/mol. The Morgan fingerprint density at radius 1 is 1.10 bits per heavy atom. The lowest BCUT2D eigenvalue weighted by molar-refractivity contribution is -0.134. The fraction of sp³-hybridized carbons (Fsp3) is 0.588. The van der Waals surface area contributed by atoms with Crippen molar-refractivity contribution in [3.8, 4) is 0 Å². The topological polar surface area (TPSA) is 20.3 Å². The highest BCUT2D eigenvalue weighted by molar-refractivity contribution is 6.31. The zero-order chi connectivity index (χ0) is 13.9. The molecule has 0 aromatic heterocycles. The van der Waals surface area contributed by atoms with Crippen molar-refractivity contribution in [2.24, 2.45) is 0 Å². The molecule has 2 saturated carbocycles. The molecule has 20 heavy (non-hydrogen) atoms. The van der Waals surface area contributed by atoms with Crippen LogP contribution >= 0.6 is 11.6 Å². The van der Waals surface area contributed by atoms with Gasteiger partial charge in [0.25, 0.3) is 0 Å². The van der Waals surface area contributed by atoms with Crippen LogP contribution in [0.1, 0.15) is 50.5 Å². The maximum atomic E-state index is 12.6. The molecule has 0 radical (unpaired) electrons. The highest BCUT2D eigenvalue weighted by atomic mass is 35.5. The maximum absolute atomic E-state index is 12.6. The molecule has 0 N–H and O–H groups in total. The molecule has 108 valence electrons. The second kappa shape index (κ2) is 6.17. The average Bonchev–Trinajstić information content (AvgIpc) is 3.13. The molecule has 1 amide bonds. The molecule has 3 heteroatoms. The first-order valence-electron chi connectivity index (χ1n) is 7.80. The Hall–Kier alpha value is -1.02. The number of amides is 1. The lowest BCUT2D eigenvalue weighted by atomic mass is 10.1. The van der Waals surface area contributed by atoms with Crippen molar-refractivity contribution in [2.75, 3.05) is 0 Å². The van der Waals surface area contributed by atoms with Gasteiger partial charge >= 0.3 is 0 Å². The number of benzene rings is 1. The van der Waals surface area contributed by atoms with Crippen molar-refractivity contribution >= 4 is 17.5 Å². The number of aryl methyl sites for hydroxylation is 1. The van der Waals surface area contributed by atoms with Gasteiger partial charge in [-0.1, -0.05) is 42.6 Å². The summed E-state index contributed by atoms with van der Waals surface area (Å²) in [4.78, 5) is 14.8. The minimum Gasteiger partial charge on any atom is -0.337 e. The van der Waals surface area contributed by atoms with Gasteiger partial charge in [-0.25, -0.2) is 0 Å². The van der Waals surface area contributed by atoms with Gasteiger partial charge in [-0.05, 0) is 43.7 Å². The molecule has 2 aliphatic carbocycles. The lowest BCUT2D eigenvalue weighted by Gasteiger charge is -2.29. The van der Waals surface area contributed by atoms with Crippen LogP contribution in [0.25, 0.3) is 0 Å². The summed E-state index contributed by atoms with van der Waals surface area (Å²) in [6, 6.07) is 8.89. The summed E-state index contributed by atoms with van der Waals surface area (Å²) in [6.07, 6.45) is 8.73. The molecule has 2 aliphatic rings. The first kappa shape index (κ1) is 13.9. The zero-order valence-corrected chi connectivity index (χ0v) is 12.6. The standard InChI is InChI=1S/C17H22ClNO/c18-16-8-4-1-5-13(16)9-12-17(20)19(15-10-11-15)14-6-2-3-7-14/h1,4-5,8,14-15H,2-3,6-7,9-12H2. The summed E-state index contributed by atoms with van der Waals surface area (Å²) in [6.45, 7) is 0. The smallest absolute Gasteiger partial charge is 0.223 e. The van der Waals surface area contributed by atoms with Crippen molar-refractivity contribution in [2.45, 2.75) is 63.5 Å². The fourth-order valence-corrected chi connectivity index (χ4v) is 3.54. The van der Waals surface area contributed by atoms with Crippen LogP contribution in [0.15, 0.2) is 24.3 Å². The van der Waals surface area contributed by atoms with Crippen molar-refractivity contribution in [1.29, 1.82) is 0 Å². The van der Waals surface area contributed by atoms with Crippen LogP contribution in [0, 0.1) is 0 Å². The summed E-state index contributed by atoms with van der Waals surface area (Å²) in [5.74, 6) is 0.333. The van der Waals surface area contributed by atoms with Crippen molar-refractivity contribution in [1.82, 2.24) is 4.90 Å². The Morgan fingerprint density at radius 2 is 1.75 bits per heavy atom. The Kier molecular flexibility index (Phi) is 4.30. The third-order valence-corrected chi connectivity index (χ3v) is 4.88. The number of nitrogens with zero attached hydrogens (tertiary/aromatic N) is 1. The number of rotatable bonds is 5. The minimum atomic E-state index is 0.333. The molecule has 1 aromatic carbocycles. The molecule has 0 spiro atoms. The van der Waals surface area contributed by atoms with Gasteiger partial charge in [0.05, 0.1) is 0 Å². The quantitative estimate of drug-likeness (QED) is 0.796. The van der Waals surface area contributed by atoms with E-state index >= 15 is 0 Å². The van der Waals surface area contributed by atoms with E-state index < -0.39 is 0 Å². The fourth-order valence-electron chi connectivity index (χ4n) is 3.31. The predicted octanol–water partition coefficient (Wildman–Crippen LogP) is 4.21. The molecule has 3 rings (SSSR count). The first-order chi connectivity index (χ1) is 9.75. The third kappa shape index (κ3) is 3.17. The summed E-state index contributed by atoms with van der Waals surface area (Å²) < 4.78 is 0. The second-order valence-corrected chi connectivity index (χ2v) is 6.47. The van der Waals surface area contributed by atoms with Gasteiger partial charge in [0, 0.05) is 23.5 Å². The van der Waals surface area contributed by atoms with Crippen LogP contribution in [-0.2, 0) is 11.2 Å². The molecule has 2 nitrogen and oxygen atoms in total. The Labute approximate surface area is 126 Å². The third-order valence-electron chi connectivity index (χ3n) is 4.51. The SMILES string of the molecule is O=C(CCc1ccccc1Cl)N(C1CCCC1)C1CC1. The normalized spacial score (nSPS) is 19.2. The van der Waals surface area contributed by atoms with E-state index in [1.54, 1.807) is 0 Å². The second-order valence-electron chi connectivity index (χ2n) is 6.06. The number of halogens is 1. The minimum absolute atomic E-state index is 0.333. The van der Waals surface area contributed by atoms with Gasteiger partial charge in [0.2, 0.25) is 5.91 Å². The molecule has 0 atom stereocenters. The van der Waals surface area contributed by atoms with Crippen LogP contribution in [0.2, 0.25) is 5.02 Å². The van der Waals surface area contributed by atoms with Gasteiger partial charge < -0.3 is 4.90 Å². The van der Waals surface area contributed by atoms with Crippen molar-refractivity contribution in [3.05, 3.63) is 34.9 Å². The highest BCUT2D eigenvalue weighted by Gasteiger charge is 2.37. The summed E-state index contributed by atoms with van der Waals surface area (Å²) in [5, 5.41) is 0.777. The Bertz CT molecular complexity index is 478. The van der Waals surface area contributed by atoms with E-state index in [1.165, 1.54) is 38.5 Å². The molecule has 0 bridgehead atoms. The van der Waals surface area contributed by atoms with Gasteiger partial charge in [0.15, 0.2) is 0 Å². The van der Waals surface area contributed by atoms with E-state index in [4.69, 9.17) is 11.6 Å². The van der Waals surface area contributed by atoms with Crippen LogP contribution in [0.3, 0.4) is 0 Å². The monoisotopic (exact) mass is 291 g/mol. The average molecular weight is 292 g/mol. The molecular formula is C17H22ClNO.